The second-order valence-electron chi connectivity index (χ2n) is 6.79. The van der Waals surface area contributed by atoms with Crippen LogP contribution in [0.1, 0.15) is 97.8 Å². The maximum Gasteiger partial charge on any atom is 0.338 e. The second-order valence-corrected chi connectivity index (χ2v) is 6.79. The maximum absolute atomic E-state index is 12.3. The number of ether oxygens (including phenoxy) is 2. The average Bonchev–Trinajstić information content (AvgIpc) is 2.58. The Kier molecular flexibility index (Phi) is 14.5. The summed E-state index contributed by atoms with van der Waals surface area (Å²) in [5.41, 5.74) is -1.76. The molecule has 0 aromatic rings. The highest BCUT2D eigenvalue weighted by Crippen LogP contribution is 2.23. The van der Waals surface area contributed by atoms with E-state index in [1.165, 1.54) is 12.8 Å². The highest BCUT2D eigenvalue weighted by atomic mass is 16.6. The molecular weight excluding hydrogens is 320 g/mol. The first-order chi connectivity index (χ1) is 12.0. The second kappa shape index (κ2) is 15.2. The molecule has 0 saturated carbocycles. The van der Waals surface area contributed by atoms with Crippen molar-refractivity contribution < 1.29 is 24.2 Å². The third kappa shape index (κ3) is 12.0. The first-order valence-corrected chi connectivity index (χ1v) is 10.0. The number of unbranched alkanes of at least 4 members (excludes halogenated alkanes) is 7. The largest absolute Gasteiger partial charge is 0.466 e. The van der Waals surface area contributed by atoms with Crippen molar-refractivity contribution in [2.45, 2.75) is 103 Å². The van der Waals surface area contributed by atoms with E-state index >= 15 is 0 Å². The summed E-state index contributed by atoms with van der Waals surface area (Å²) in [6.45, 7) is 6.77. The van der Waals surface area contributed by atoms with E-state index < -0.39 is 17.5 Å². The van der Waals surface area contributed by atoms with Gasteiger partial charge >= 0.3 is 11.9 Å². The normalized spacial score (nSPS) is 13.3. The van der Waals surface area contributed by atoms with Crippen molar-refractivity contribution in [2.24, 2.45) is 0 Å². The van der Waals surface area contributed by atoms with Gasteiger partial charge in [0.25, 0.3) is 0 Å². The summed E-state index contributed by atoms with van der Waals surface area (Å²) < 4.78 is 10.3. The van der Waals surface area contributed by atoms with Crippen molar-refractivity contribution in [2.75, 3.05) is 13.2 Å². The van der Waals surface area contributed by atoms with Crippen LogP contribution in [0.25, 0.3) is 0 Å². The van der Waals surface area contributed by atoms with Gasteiger partial charge in [-0.25, -0.2) is 4.79 Å². The van der Waals surface area contributed by atoms with Crippen LogP contribution in [-0.2, 0) is 19.1 Å². The zero-order valence-corrected chi connectivity index (χ0v) is 16.5. The van der Waals surface area contributed by atoms with Crippen molar-refractivity contribution in [1.29, 1.82) is 0 Å². The molecule has 0 aliphatic rings. The molecule has 25 heavy (non-hydrogen) atoms. The van der Waals surface area contributed by atoms with Crippen LogP contribution < -0.4 is 0 Å². The van der Waals surface area contributed by atoms with Crippen LogP contribution in [-0.4, -0.2) is 35.9 Å². The molecule has 0 aromatic heterocycles. The summed E-state index contributed by atoms with van der Waals surface area (Å²) in [7, 11) is 0. The highest BCUT2D eigenvalue weighted by Gasteiger charge is 2.40. The van der Waals surface area contributed by atoms with Gasteiger partial charge in [0.1, 0.15) is 0 Å². The minimum Gasteiger partial charge on any atom is -0.466 e. The number of hydrogen-bond donors (Lipinski definition) is 1. The van der Waals surface area contributed by atoms with E-state index in [0.29, 0.717) is 13.0 Å². The molecule has 0 aliphatic carbocycles. The lowest BCUT2D eigenvalue weighted by Gasteiger charge is -2.25. The summed E-state index contributed by atoms with van der Waals surface area (Å²) in [5.74, 6) is -1.23. The Morgan fingerprint density at radius 1 is 0.760 bits per heavy atom. The molecule has 0 heterocycles. The van der Waals surface area contributed by atoms with E-state index in [-0.39, 0.29) is 19.4 Å². The molecule has 0 bridgehead atoms. The van der Waals surface area contributed by atoms with Gasteiger partial charge in [-0.1, -0.05) is 65.7 Å². The van der Waals surface area contributed by atoms with E-state index in [4.69, 9.17) is 9.47 Å². The van der Waals surface area contributed by atoms with Gasteiger partial charge in [0.2, 0.25) is 0 Å². The van der Waals surface area contributed by atoms with Gasteiger partial charge in [0.05, 0.1) is 19.6 Å². The molecule has 0 fully saturated rings. The van der Waals surface area contributed by atoms with E-state index in [2.05, 4.69) is 6.92 Å². The maximum atomic E-state index is 12.3. The van der Waals surface area contributed by atoms with Crippen molar-refractivity contribution in [3.63, 3.8) is 0 Å². The molecule has 0 aliphatic heterocycles. The van der Waals surface area contributed by atoms with Crippen molar-refractivity contribution in [3.8, 4) is 0 Å². The topological polar surface area (TPSA) is 72.8 Å². The summed E-state index contributed by atoms with van der Waals surface area (Å²) in [4.78, 5) is 24.2. The Hall–Kier alpha value is -1.10. The monoisotopic (exact) mass is 358 g/mol. The average molecular weight is 359 g/mol. The summed E-state index contributed by atoms with van der Waals surface area (Å²) in [5, 5.41) is 10.7. The van der Waals surface area contributed by atoms with Crippen LogP contribution >= 0.6 is 0 Å². The molecule has 1 atom stereocenters. The predicted octanol–water partition coefficient (Wildman–Crippen LogP) is 4.54. The van der Waals surface area contributed by atoms with Crippen LogP contribution in [0.15, 0.2) is 0 Å². The fourth-order valence-corrected chi connectivity index (χ4v) is 2.52. The molecule has 5 nitrogen and oxygen atoms in total. The van der Waals surface area contributed by atoms with Gasteiger partial charge in [-0.2, -0.15) is 0 Å². The summed E-state index contributed by atoms with van der Waals surface area (Å²) in [6.07, 6.45) is 9.54. The molecule has 0 spiro atoms. The molecule has 0 saturated heterocycles. The Balaban J connectivity index is 4.51. The van der Waals surface area contributed by atoms with Gasteiger partial charge in [-0.05, 0) is 25.7 Å². The molecule has 0 amide bonds. The van der Waals surface area contributed by atoms with E-state index in [0.717, 1.165) is 44.9 Å². The molecule has 1 unspecified atom stereocenters. The van der Waals surface area contributed by atoms with Gasteiger partial charge in [-0.3, -0.25) is 4.79 Å². The predicted molar refractivity (Wildman–Crippen MR) is 99.3 cm³/mol. The lowest BCUT2D eigenvalue weighted by Crippen LogP contribution is -2.42. The molecular formula is C20H38O5. The third-order valence-electron chi connectivity index (χ3n) is 4.25. The SMILES string of the molecule is CCCCCCCCC(O)(CC(=O)OCCCC)C(=O)OCCCC. The molecule has 0 aromatic carbocycles. The summed E-state index contributed by atoms with van der Waals surface area (Å²) in [6, 6.07) is 0. The highest BCUT2D eigenvalue weighted by molar-refractivity contribution is 5.85. The first-order valence-electron chi connectivity index (χ1n) is 10.0. The fourth-order valence-electron chi connectivity index (χ4n) is 2.52. The lowest BCUT2D eigenvalue weighted by molar-refractivity contribution is -0.173. The van der Waals surface area contributed by atoms with Crippen molar-refractivity contribution in [3.05, 3.63) is 0 Å². The van der Waals surface area contributed by atoms with E-state index in [1.807, 2.05) is 13.8 Å². The minimum atomic E-state index is -1.76. The first kappa shape index (κ1) is 23.9. The van der Waals surface area contributed by atoms with Crippen LogP contribution in [0, 0.1) is 0 Å². The molecule has 5 heteroatoms. The number of aliphatic hydroxyl groups is 1. The van der Waals surface area contributed by atoms with Crippen molar-refractivity contribution in [1.82, 2.24) is 0 Å². The van der Waals surface area contributed by atoms with Crippen LogP contribution in [0.4, 0.5) is 0 Å². The Labute approximate surface area is 153 Å². The number of carbonyl (C=O) groups is 2. The van der Waals surface area contributed by atoms with Gasteiger partial charge in [-0.15, -0.1) is 0 Å². The van der Waals surface area contributed by atoms with Gasteiger partial charge in [0.15, 0.2) is 5.60 Å². The van der Waals surface area contributed by atoms with Crippen LogP contribution in [0.5, 0.6) is 0 Å². The molecule has 0 rings (SSSR count). The number of esters is 2. The minimum absolute atomic E-state index is 0.243. The zero-order valence-electron chi connectivity index (χ0n) is 16.5. The number of hydrogen-bond acceptors (Lipinski definition) is 5. The quantitative estimate of drug-likeness (QED) is 0.324. The van der Waals surface area contributed by atoms with Gasteiger partial charge < -0.3 is 14.6 Å². The third-order valence-corrected chi connectivity index (χ3v) is 4.25. The molecule has 0 radical (unpaired) electrons. The molecule has 148 valence electrons. The fraction of sp³-hybridized carbons (Fsp3) is 0.900. The van der Waals surface area contributed by atoms with Crippen LogP contribution in [0.2, 0.25) is 0 Å². The standard InChI is InChI=1S/C20H38O5/c1-4-7-10-11-12-13-14-20(23,19(22)25-16-9-6-3)17-18(21)24-15-8-5-2/h23H,4-17H2,1-3H3. The lowest BCUT2D eigenvalue weighted by atomic mass is 9.92. The Morgan fingerprint density at radius 3 is 1.88 bits per heavy atom. The zero-order chi connectivity index (χ0) is 19.0. The number of carbonyl (C=O) groups excluding carboxylic acids is 2. The molecule has 1 N–H and O–H groups in total. The smallest absolute Gasteiger partial charge is 0.338 e. The van der Waals surface area contributed by atoms with E-state index in [1.54, 1.807) is 0 Å². The number of rotatable bonds is 16. The van der Waals surface area contributed by atoms with Gasteiger partial charge in [0, 0.05) is 0 Å². The van der Waals surface area contributed by atoms with Crippen molar-refractivity contribution >= 4 is 11.9 Å². The Bertz CT molecular complexity index is 356. The summed E-state index contributed by atoms with van der Waals surface area (Å²) >= 11 is 0. The van der Waals surface area contributed by atoms with E-state index in [9.17, 15) is 14.7 Å². The van der Waals surface area contributed by atoms with Crippen LogP contribution in [0.3, 0.4) is 0 Å². The Morgan fingerprint density at radius 2 is 1.28 bits per heavy atom.